The van der Waals surface area contributed by atoms with Crippen molar-refractivity contribution < 1.29 is 23.5 Å². The summed E-state index contributed by atoms with van der Waals surface area (Å²) in [5.41, 5.74) is 1.09. The minimum atomic E-state index is -0.391. The third-order valence-electron chi connectivity index (χ3n) is 5.00. The molecule has 0 aromatic heterocycles. The Balaban J connectivity index is 1.50. The van der Waals surface area contributed by atoms with Crippen LogP contribution in [-0.2, 0) is 11.3 Å². The lowest BCUT2D eigenvalue weighted by Gasteiger charge is -2.22. The molecule has 1 aliphatic carbocycles. The van der Waals surface area contributed by atoms with Crippen LogP contribution in [0.25, 0.3) is 0 Å². The molecular formula is C21H20ClFN2O4. The molecule has 2 aromatic carbocycles. The molecule has 0 spiro atoms. The number of carbonyl (C=O) groups is 2. The van der Waals surface area contributed by atoms with Gasteiger partial charge in [-0.25, -0.2) is 4.39 Å². The van der Waals surface area contributed by atoms with E-state index < -0.39 is 5.82 Å². The van der Waals surface area contributed by atoms with Crippen molar-refractivity contribution in [2.24, 2.45) is 0 Å². The van der Waals surface area contributed by atoms with Crippen LogP contribution in [0.1, 0.15) is 35.7 Å². The van der Waals surface area contributed by atoms with E-state index in [9.17, 15) is 14.0 Å². The molecular weight excluding hydrogens is 399 g/mol. The third-order valence-corrected chi connectivity index (χ3v) is 5.35. The summed E-state index contributed by atoms with van der Waals surface area (Å²) in [5.74, 6) is 0.0594. The number of carbonyl (C=O) groups excluding carboxylic acids is 2. The molecule has 0 radical (unpaired) electrons. The van der Waals surface area contributed by atoms with Crippen molar-refractivity contribution in [2.45, 2.75) is 32.4 Å². The number of nitrogens with one attached hydrogen (secondary N) is 1. The zero-order valence-electron chi connectivity index (χ0n) is 15.8. The second-order valence-corrected chi connectivity index (χ2v) is 7.60. The quantitative estimate of drug-likeness (QED) is 0.688. The van der Waals surface area contributed by atoms with E-state index in [1.807, 2.05) is 4.90 Å². The largest absolute Gasteiger partial charge is 0.454 e. The van der Waals surface area contributed by atoms with Crippen LogP contribution in [0.5, 0.6) is 11.5 Å². The summed E-state index contributed by atoms with van der Waals surface area (Å²) in [6.45, 7) is 1.79. The number of ether oxygens (including phenoxy) is 2. The highest BCUT2D eigenvalue weighted by molar-refractivity contribution is 6.31. The zero-order valence-corrected chi connectivity index (χ0v) is 16.6. The van der Waals surface area contributed by atoms with Gasteiger partial charge < -0.3 is 14.8 Å². The standard InChI is InChI=1S/C21H20ClFN2O4/c1-12(26)14-7-19-20(29-11-28-19)8-18(14)24-21(27)10-25(13-5-6-13)9-15-16(22)3-2-4-17(15)23/h2-4,7-8,13H,5-6,9-11H2,1H3,(H,24,27). The van der Waals surface area contributed by atoms with Gasteiger partial charge >= 0.3 is 0 Å². The summed E-state index contributed by atoms with van der Waals surface area (Å²) in [7, 11) is 0. The second-order valence-electron chi connectivity index (χ2n) is 7.19. The number of Topliss-reactive ketones (excluding diaryl/α,β-unsaturated/α-hetero) is 1. The monoisotopic (exact) mass is 418 g/mol. The zero-order chi connectivity index (χ0) is 20.5. The molecule has 1 heterocycles. The summed E-state index contributed by atoms with van der Waals surface area (Å²) in [6, 6.07) is 7.91. The first kappa shape index (κ1) is 19.7. The van der Waals surface area contributed by atoms with E-state index in [1.165, 1.54) is 13.0 Å². The van der Waals surface area contributed by atoms with Crippen LogP contribution in [0.4, 0.5) is 10.1 Å². The van der Waals surface area contributed by atoms with E-state index >= 15 is 0 Å². The Labute approximate surface area is 172 Å². The van der Waals surface area contributed by atoms with Crippen LogP contribution >= 0.6 is 11.6 Å². The lowest BCUT2D eigenvalue weighted by atomic mass is 10.1. The number of halogens is 2. The Morgan fingerprint density at radius 1 is 1.24 bits per heavy atom. The Bertz CT molecular complexity index is 957. The van der Waals surface area contributed by atoms with Gasteiger partial charge in [0.1, 0.15) is 5.82 Å². The number of hydrogen-bond donors (Lipinski definition) is 1. The van der Waals surface area contributed by atoms with Crippen molar-refractivity contribution >= 4 is 29.0 Å². The van der Waals surface area contributed by atoms with E-state index in [4.69, 9.17) is 21.1 Å². The van der Waals surface area contributed by atoms with Crippen LogP contribution in [0.3, 0.4) is 0 Å². The molecule has 8 heteroatoms. The smallest absolute Gasteiger partial charge is 0.238 e. The molecule has 1 fully saturated rings. The first-order valence-corrected chi connectivity index (χ1v) is 9.71. The van der Waals surface area contributed by atoms with Crippen LogP contribution in [0.2, 0.25) is 5.02 Å². The number of anilines is 1. The Morgan fingerprint density at radius 3 is 2.62 bits per heavy atom. The highest BCUT2D eigenvalue weighted by Gasteiger charge is 2.31. The SMILES string of the molecule is CC(=O)c1cc2c(cc1NC(=O)CN(Cc1c(F)cccc1Cl)C1CC1)OCO2. The van der Waals surface area contributed by atoms with Gasteiger partial charge in [0.25, 0.3) is 0 Å². The van der Waals surface area contributed by atoms with Crippen molar-refractivity contribution in [1.82, 2.24) is 4.90 Å². The van der Waals surface area contributed by atoms with Gasteiger partial charge in [0.2, 0.25) is 12.7 Å². The topological polar surface area (TPSA) is 67.9 Å². The van der Waals surface area contributed by atoms with Crippen LogP contribution in [0.15, 0.2) is 30.3 Å². The molecule has 1 amide bonds. The molecule has 1 aliphatic heterocycles. The molecule has 29 heavy (non-hydrogen) atoms. The fraction of sp³-hybridized carbons (Fsp3) is 0.333. The maximum Gasteiger partial charge on any atom is 0.238 e. The molecule has 0 atom stereocenters. The molecule has 152 valence electrons. The molecule has 0 saturated heterocycles. The van der Waals surface area contributed by atoms with Crippen molar-refractivity contribution in [3.8, 4) is 11.5 Å². The molecule has 1 saturated carbocycles. The summed E-state index contributed by atoms with van der Waals surface area (Å²) in [5, 5.41) is 3.12. The van der Waals surface area contributed by atoms with E-state index in [0.29, 0.717) is 33.3 Å². The molecule has 1 N–H and O–H groups in total. The lowest BCUT2D eigenvalue weighted by molar-refractivity contribution is -0.117. The number of benzene rings is 2. The summed E-state index contributed by atoms with van der Waals surface area (Å²) < 4.78 is 24.8. The lowest BCUT2D eigenvalue weighted by Crippen LogP contribution is -2.35. The van der Waals surface area contributed by atoms with Crippen LogP contribution in [-0.4, -0.2) is 36.0 Å². The Hall–Kier alpha value is -2.64. The van der Waals surface area contributed by atoms with Gasteiger partial charge in [0.05, 0.1) is 12.2 Å². The fourth-order valence-electron chi connectivity index (χ4n) is 3.35. The average molecular weight is 419 g/mol. The van der Waals surface area contributed by atoms with Crippen molar-refractivity contribution in [3.63, 3.8) is 0 Å². The molecule has 2 aliphatic rings. The molecule has 4 rings (SSSR count). The minimum absolute atomic E-state index is 0.0567. The minimum Gasteiger partial charge on any atom is -0.454 e. The highest BCUT2D eigenvalue weighted by atomic mass is 35.5. The van der Waals surface area contributed by atoms with E-state index in [2.05, 4.69) is 5.32 Å². The molecule has 0 unspecified atom stereocenters. The highest BCUT2D eigenvalue weighted by Crippen LogP contribution is 2.37. The Kier molecular flexibility index (Phi) is 5.43. The Morgan fingerprint density at radius 2 is 1.97 bits per heavy atom. The normalized spacial score (nSPS) is 14.9. The number of rotatable bonds is 7. The number of ketones is 1. The van der Waals surface area contributed by atoms with Gasteiger partial charge in [-0.15, -0.1) is 0 Å². The number of hydrogen-bond acceptors (Lipinski definition) is 5. The summed E-state index contributed by atoms with van der Waals surface area (Å²) in [4.78, 5) is 26.6. The van der Waals surface area contributed by atoms with Gasteiger partial charge in [0, 0.05) is 34.8 Å². The summed E-state index contributed by atoms with van der Waals surface area (Å²) in [6.07, 6.45) is 1.89. The van der Waals surface area contributed by atoms with Crippen LogP contribution < -0.4 is 14.8 Å². The molecule has 0 bridgehead atoms. The second kappa shape index (κ2) is 8.00. The van der Waals surface area contributed by atoms with Gasteiger partial charge in [0.15, 0.2) is 17.3 Å². The van der Waals surface area contributed by atoms with E-state index in [1.54, 1.807) is 24.3 Å². The molecule has 2 aromatic rings. The summed E-state index contributed by atoms with van der Waals surface area (Å²) >= 11 is 6.14. The molecule has 6 nitrogen and oxygen atoms in total. The maximum absolute atomic E-state index is 14.2. The van der Waals surface area contributed by atoms with Crippen molar-refractivity contribution in [2.75, 3.05) is 18.7 Å². The first-order chi connectivity index (χ1) is 13.9. The van der Waals surface area contributed by atoms with Gasteiger partial charge in [-0.05, 0) is 38.0 Å². The third kappa shape index (κ3) is 4.36. The van der Waals surface area contributed by atoms with Gasteiger partial charge in [-0.2, -0.15) is 0 Å². The van der Waals surface area contributed by atoms with E-state index in [-0.39, 0.29) is 37.6 Å². The number of amides is 1. The van der Waals surface area contributed by atoms with Gasteiger partial charge in [-0.3, -0.25) is 14.5 Å². The van der Waals surface area contributed by atoms with Gasteiger partial charge in [-0.1, -0.05) is 17.7 Å². The van der Waals surface area contributed by atoms with Crippen molar-refractivity contribution in [1.29, 1.82) is 0 Å². The number of nitrogens with zero attached hydrogens (tertiary/aromatic N) is 1. The predicted octanol–water partition coefficient (Wildman–Crippen LogP) is 4.01. The fourth-order valence-corrected chi connectivity index (χ4v) is 3.57. The predicted molar refractivity (Wildman–Crippen MR) is 106 cm³/mol. The number of fused-ring (bicyclic) bond motifs is 1. The van der Waals surface area contributed by atoms with E-state index in [0.717, 1.165) is 12.8 Å². The van der Waals surface area contributed by atoms with Crippen molar-refractivity contribution in [3.05, 3.63) is 52.3 Å². The first-order valence-electron chi connectivity index (χ1n) is 9.33. The average Bonchev–Trinajstić information content (AvgIpc) is 3.41. The maximum atomic E-state index is 14.2. The van der Waals surface area contributed by atoms with Crippen LogP contribution in [0, 0.1) is 5.82 Å².